The normalized spacial score (nSPS) is 11.7. The number of hydrogen-bond donors (Lipinski definition) is 0. The van der Waals surface area contributed by atoms with Crippen LogP contribution in [0, 0.1) is 6.07 Å². The van der Waals surface area contributed by atoms with Gasteiger partial charge in [0.1, 0.15) is 0 Å². The van der Waals surface area contributed by atoms with Crippen LogP contribution in [0.4, 0.5) is 17.3 Å². The van der Waals surface area contributed by atoms with E-state index >= 15 is 0 Å². The van der Waals surface area contributed by atoms with Crippen LogP contribution in [0.1, 0.15) is 26.3 Å². The average molecular weight is 220 g/mol. The van der Waals surface area contributed by atoms with Crippen molar-refractivity contribution in [2.45, 2.75) is 26.2 Å². The molecule has 1 aromatic carbocycles. The molecule has 0 saturated heterocycles. The molecule has 1 radical (unpaired) electrons. The molecule has 0 unspecified atom stereocenters. The van der Waals surface area contributed by atoms with Crippen molar-refractivity contribution in [3.8, 4) is 0 Å². The highest BCUT2D eigenvalue weighted by atomic mass is 19.5. The van der Waals surface area contributed by atoms with Crippen LogP contribution < -0.4 is 0 Å². The quantitative estimate of drug-likeness (QED) is 0.456. The molecule has 0 aromatic heterocycles. The molecular formula is C10H13BF4-. The van der Waals surface area contributed by atoms with Gasteiger partial charge in [0.05, 0.1) is 0 Å². The highest BCUT2D eigenvalue weighted by Gasteiger charge is 2.20. The molecule has 5 heteroatoms. The summed E-state index contributed by atoms with van der Waals surface area (Å²) in [6, 6.07) is 11.2. The van der Waals surface area contributed by atoms with Gasteiger partial charge in [0.25, 0.3) is 0 Å². The molecule has 1 rings (SSSR count). The van der Waals surface area contributed by atoms with Gasteiger partial charge < -0.3 is 17.3 Å². The van der Waals surface area contributed by atoms with E-state index in [0.29, 0.717) is 0 Å². The molecule has 0 atom stereocenters. The van der Waals surface area contributed by atoms with E-state index in [1.54, 1.807) is 0 Å². The summed E-state index contributed by atoms with van der Waals surface area (Å²) in [5, 5.41) is 0. The fourth-order valence-corrected chi connectivity index (χ4v) is 0.860. The SMILES string of the molecule is CC(C)(C)c1c[c]ccc1.F[B-](F)(F)F. The maximum atomic E-state index is 9.75. The summed E-state index contributed by atoms with van der Waals surface area (Å²) in [7, 11) is -6.00. The Kier molecular flexibility index (Phi) is 4.84. The van der Waals surface area contributed by atoms with Crippen LogP contribution >= 0.6 is 0 Å². The van der Waals surface area contributed by atoms with E-state index in [2.05, 4.69) is 32.9 Å². The second kappa shape index (κ2) is 5.19. The summed E-state index contributed by atoms with van der Waals surface area (Å²) in [4.78, 5) is 0. The second-order valence-corrected chi connectivity index (χ2v) is 4.04. The van der Waals surface area contributed by atoms with Gasteiger partial charge in [-0.15, -0.1) is 0 Å². The predicted molar refractivity (Wildman–Crippen MR) is 54.2 cm³/mol. The Hall–Kier alpha value is -0.995. The van der Waals surface area contributed by atoms with Gasteiger partial charge in [-0.25, -0.2) is 0 Å². The summed E-state index contributed by atoms with van der Waals surface area (Å²) in [5.74, 6) is 0. The standard InChI is InChI=1S/C10H13.BF4/c1-10(2,3)9-7-5-4-6-8-9;2-1(3,4)5/h4-5,7-8H,1-3H3;/q;-1. The molecule has 0 saturated carbocycles. The fourth-order valence-electron chi connectivity index (χ4n) is 0.860. The minimum absolute atomic E-state index is 0.262. The Balaban J connectivity index is 0.000000336. The van der Waals surface area contributed by atoms with Gasteiger partial charge in [-0.1, -0.05) is 45.0 Å². The van der Waals surface area contributed by atoms with E-state index in [-0.39, 0.29) is 5.41 Å². The average Bonchev–Trinajstić information content (AvgIpc) is 2.01. The molecule has 0 nitrogen and oxygen atoms in total. The third-order valence-corrected chi connectivity index (χ3v) is 1.57. The molecule has 0 fully saturated rings. The van der Waals surface area contributed by atoms with E-state index in [4.69, 9.17) is 0 Å². The number of rotatable bonds is 0. The Bertz CT molecular complexity index is 268. The zero-order valence-corrected chi connectivity index (χ0v) is 8.90. The third kappa shape index (κ3) is 9.31. The van der Waals surface area contributed by atoms with Crippen molar-refractivity contribution in [1.82, 2.24) is 0 Å². The largest absolute Gasteiger partial charge is 0.673 e. The Morgan fingerprint density at radius 1 is 1.13 bits per heavy atom. The first-order valence-corrected chi connectivity index (χ1v) is 4.44. The van der Waals surface area contributed by atoms with E-state index in [1.165, 1.54) is 5.56 Å². The first-order valence-electron chi connectivity index (χ1n) is 4.44. The molecule has 0 aliphatic heterocycles. The molecular weight excluding hydrogens is 207 g/mol. The molecule has 85 valence electrons. The number of benzene rings is 1. The number of hydrogen-bond acceptors (Lipinski definition) is 0. The Morgan fingerprint density at radius 2 is 1.60 bits per heavy atom. The maximum absolute atomic E-state index is 9.75. The molecule has 15 heavy (non-hydrogen) atoms. The van der Waals surface area contributed by atoms with Crippen molar-refractivity contribution in [2.75, 3.05) is 0 Å². The van der Waals surface area contributed by atoms with E-state index < -0.39 is 7.25 Å². The van der Waals surface area contributed by atoms with Crippen molar-refractivity contribution >= 4 is 7.25 Å². The molecule has 0 amide bonds. The Labute approximate surface area is 87.4 Å². The van der Waals surface area contributed by atoms with Gasteiger partial charge >= 0.3 is 7.25 Å². The van der Waals surface area contributed by atoms with Crippen molar-refractivity contribution in [1.29, 1.82) is 0 Å². The summed E-state index contributed by atoms with van der Waals surface area (Å²) in [5.41, 5.74) is 1.60. The van der Waals surface area contributed by atoms with Crippen molar-refractivity contribution in [3.05, 3.63) is 35.9 Å². The lowest BCUT2D eigenvalue weighted by Crippen LogP contribution is -2.10. The smallest absolute Gasteiger partial charge is 0.418 e. The number of halogens is 4. The lowest BCUT2D eigenvalue weighted by atomic mass is 9.87. The highest BCUT2D eigenvalue weighted by molar-refractivity contribution is 6.50. The van der Waals surface area contributed by atoms with Crippen LogP contribution in [-0.2, 0) is 5.41 Å². The summed E-state index contributed by atoms with van der Waals surface area (Å²) < 4.78 is 39.0. The zero-order chi connectivity index (χ0) is 12.1. The summed E-state index contributed by atoms with van der Waals surface area (Å²) in [6.45, 7) is 6.61. The van der Waals surface area contributed by atoms with Crippen LogP contribution in [0.2, 0.25) is 0 Å². The predicted octanol–water partition coefficient (Wildman–Crippen LogP) is 4.08. The summed E-state index contributed by atoms with van der Waals surface area (Å²) >= 11 is 0. The lowest BCUT2D eigenvalue weighted by molar-refractivity contribution is 0.368. The van der Waals surface area contributed by atoms with Gasteiger partial charge in [0.15, 0.2) is 0 Å². The van der Waals surface area contributed by atoms with Gasteiger partial charge in [0, 0.05) is 0 Å². The third-order valence-electron chi connectivity index (χ3n) is 1.57. The second-order valence-electron chi connectivity index (χ2n) is 4.04. The summed E-state index contributed by atoms with van der Waals surface area (Å²) in [6.07, 6.45) is 0. The molecule has 1 aromatic rings. The fraction of sp³-hybridized carbons (Fsp3) is 0.400. The first kappa shape index (κ1) is 14.0. The minimum Gasteiger partial charge on any atom is -0.418 e. The van der Waals surface area contributed by atoms with Gasteiger partial charge in [-0.3, -0.25) is 0 Å². The molecule has 0 aliphatic carbocycles. The van der Waals surface area contributed by atoms with Crippen LogP contribution in [0.25, 0.3) is 0 Å². The van der Waals surface area contributed by atoms with Gasteiger partial charge in [-0.05, 0) is 17.0 Å². The lowest BCUT2D eigenvalue weighted by Gasteiger charge is -2.17. The highest BCUT2D eigenvalue weighted by Crippen LogP contribution is 2.20. The van der Waals surface area contributed by atoms with Crippen molar-refractivity contribution < 1.29 is 17.3 Å². The topological polar surface area (TPSA) is 0 Å². The molecule has 0 N–H and O–H groups in total. The monoisotopic (exact) mass is 220 g/mol. The minimum atomic E-state index is -6.00. The molecule has 0 spiro atoms. The molecule has 0 bridgehead atoms. The molecule has 0 aliphatic rings. The molecule has 0 heterocycles. The maximum Gasteiger partial charge on any atom is 0.673 e. The van der Waals surface area contributed by atoms with Gasteiger partial charge in [-0.2, -0.15) is 0 Å². The zero-order valence-electron chi connectivity index (χ0n) is 8.90. The first-order chi connectivity index (χ1) is 6.61. The van der Waals surface area contributed by atoms with Crippen LogP contribution in [-0.4, -0.2) is 7.25 Å². The van der Waals surface area contributed by atoms with E-state index in [0.717, 1.165) is 0 Å². The van der Waals surface area contributed by atoms with Crippen LogP contribution in [0.15, 0.2) is 24.3 Å². The van der Waals surface area contributed by atoms with E-state index in [1.807, 2.05) is 18.2 Å². The van der Waals surface area contributed by atoms with Crippen LogP contribution in [0.5, 0.6) is 0 Å². The van der Waals surface area contributed by atoms with Crippen molar-refractivity contribution in [3.63, 3.8) is 0 Å². The van der Waals surface area contributed by atoms with Gasteiger partial charge in [0.2, 0.25) is 0 Å². The Morgan fingerprint density at radius 3 is 1.80 bits per heavy atom. The van der Waals surface area contributed by atoms with Crippen LogP contribution in [0.3, 0.4) is 0 Å². The van der Waals surface area contributed by atoms with Crippen molar-refractivity contribution in [2.24, 2.45) is 0 Å². The van der Waals surface area contributed by atoms with E-state index in [9.17, 15) is 17.3 Å².